The number of piperidine rings is 1. The number of aliphatic hydroxyl groups excluding tert-OH is 1. The minimum absolute atomic E-state index is 0.00376. The van der Waals surface area contributed by atoms with Gasteiger partial charge in [-0.1, -0.05) is 31.0 Å². The van der Waals surface area contributed by atoms with E-state index in [1.165, 1.54) is 5.69 Å². The van der Waals surface area contributed by atoms with Crippen LogP contribution in [0, 0.1) is 5.92 Å². The van der Waals surface area contributed by atoms with Gasteiger partial charge in [-0.3, -0.25) is 0 Å². The van der Waals surface area contributed by atoms with E-state index in [0.717, 1.165) is 51.6 Å². The van der Waals surface area contributed by atoms with Gasteiger partial charge in [0.2, 0.25) is 0 Å². The maximum Gasteiger partial charge on any atom is 0.317 e. The molecule has 2 unspecified atom stereocenters. The summed E-state index contributed by atoms with van der Waals surface area (Å²) in [6.45, 7) is 2.59. The Hall–Kier alpha value is -1.75. The Morgan fingerprint density at radius 1 is 1.16 bits per heavy atom. The third-order valence-electron chi connectivity index (χ3n) is 5.67. The summed E-state index contributed by atoms with van der Waals surface area (Å²) in [6.07, 6.45) is 5.86. The van der Waals surface area contributed by atoms with Crippen LogP contribution in [0.5, 0.6) is 0 Å². The lowest BCUT2D eigenvalue weighted by Gasteiger charge is -2.35. The van der Waals surface area contributed by atoms with Crippen molar-refractivity contribution < 1.29 is 9.90 Å². The molecule has 1 heterocycles. The van der Waals surface area contributed by atoms with Crippen LogP contribution in [-0.4, -0.2) is 54.9 Å². The molecule has 25 heavy (non-hydrogen) atoms. The smallest absolute Gasteiger partial charge is 0.317 e. The van der Waals surface area contributed by atoms with E-state index < -0.39 is 0 Å². The van der Waals surface area contributed by atoms with E-state index in [1.54, 1.807) is 4.90 Å². The SMILES string of the molecule is CN(CC1CCCCC1O)C(=O)NC1CCN(c2ccccc2)CC1. The molecule has 1 saturated carbocycles. The second-order valence-electron chi connectivity index (χ2n) is 7.54. The predicted octanol–water partition coefficient (Wildman–Crippen LogP) is 2.85. The number of para-hydroxylation sites is 1. The van der Waals surface area contributed by atoms with Crippen molar-refractivity contribution in [3.8, 4) is 0 Å². The maximum atomic E-state index is 12.5. The van der Waals surface area contributed by atoms with Gasteiger partial charge in [-0.2, -0.15) is 0 Å². The molecule has 2 aliphatic rings. The van der Waals surface area contributed by atoms with E-state index in [0.29, 0.717) is 6.54 Å². The van der Waals surface area contributed by atoms with Crippen molar-refractivity contribution in [2.45, 2.75) is 50.7 Å². The van der Waals surface area contributed by atoms with Gasteiger partial charge >= 0.3 is 6.03 Å². The first-order chi connectivity index (χ1) is 12.1. The second-order valence-corrected chi connectivity index (χ2v) is 7.54. The van der Waals surface area contributed by atoms with Crippen LogP contribution in [0.2, 0.25) is 0 Å². The van der Waals surface area contributed by atoms with Crippen LogP contribution in [0.1, 0.15) is 38.5 Å². The lowest BCUT2D eigenvalue weighted by Crippen LogP contribution is -2.50. The predicted molar refractivity (Wildman–Crippen MR) is 101 cm³/mol. The minimum Gasteiger partial charge on any atom is -0.393 e. The van der Waals surface area contributed by atoms with Gasteiger partial charge in [0.05, 0.1) is 6.10 Å². The van der Waals surface area contributed by atoms with Gasteiger partial charge in [-0.25, -0.2) is 4.79 Å². The molecule has 3 rings (SSSR count). The zero-order valence-corrected chi connectivity index (χ0v) is 15.2. The second kappa shape index (κ2) is 8.56. The molecule has 5 nitrogen and oxygen atoms in total. The van der Waals surface area contributed by atoms with E-state index in [1.807, 2.05) is 13.1 Å². The number of hydrogen-bond donors (Lipinski definition) is 2. The zero-order valence-electron chi connectivity index (χ0n) is 15.2. The topological polar surface area (TPSA) is 55.8 Å². The average molecular weight is 345 g/mol. The van der Waals surface area contributed by atoms with Crippen LogP contribution in [0.25, 0.3) is 0 Å². The molecule has 5 heteroatoms. The maximum absolute atomic E-state index is 12.5. The van der Waals surface area contributed by atoms with Gasteiger partial charge in [0.25, 0.3) is 0 Å². The number of rotatable bonds is 4. The molecule has 2 N–H and O–H groups in total. The quantitative estimate of drug-likeness (QED) is 0.882. The van der Waals surface area contributed by atoms with Crippen LogP contribution >= 0.6 is 0 Å². The van der Waals surface area contributed by atoms with Gasteiger partial charge in [-0.05, 0) is 37.8 Å². The fourth-order valence-corrected chi connectivity index (χ4v) is 4.04. The Kier molecular flexibility index (Phi) is 6.19. The Bertz CT molecular complexity index is 543. The van der Waals surface area contributed by atoms with E-state index in [2.05, 4.69) is 34.5 Å². The van der Waals surface area contributed by atoms with Crippen molar-refractivity contribution in [3.05, 3.63) is 30.3 Å². The number of benzene rings is 1. The molecule has 1 aromatic rings. The molecular formula is C20H31N3O2. The Balaban J connectivity index is 1.42. The number of aliphatic hydroxyl groups is 1. The first kappa shape index (κ1) is 18.1. The van der Waals surface area contributed by atoms with E-state index >= 15 is 0 Å². The van der Waals surface area contributed by atoms with Crippen LogP contribution < -0.4 is 10.2 Å². The normalized spacial score (nSPS) is 24.8. The first-order valence-corrected chi connectivity index (χ1v) is 9.63. The Morgan fingerprint density at radius 2 is 1.84 bits per heavy atom. The van der Waals surface area contributed by atoms with E-state index in [-0.39, 0.29) is 24.1 Å². The highest BCUT2D eigenvalue weighted by Gasteiger charge is 2.27. The molecule has 1 aliphatic carbocycles. The number of carbonyl (C=O) groups excluding carboxylic acids is 1. The molecule has 1 aromatic carbocycles. The highest BCUT2D eigenvalue weighted by Crippen LogP contribution is 2.25. The lowest BCUT2D eigenvalue weighted by atomic mass is 9.86. The van der Waals surface area contributed by atoms with Crippen molar-refractivity contribution in [3.63, 3.8) is 0 Å². The molecule has 1 aliphatic heterocycles. The van der Waals surface area contributed by atoms with Crippen LogP contribution in [0.3, 0.4) is 0 Å². The van der Waals surface area contributed by atoms with Gasteiger partial charge in [0.15, 0.2) is 0 Å². The number of nitrogens with zero attached hydrogens (tertiary/aromatic N) is 2. The summed E-state index contributed by atoms with van der Waals surface area (Å²) in [5.41, 5.74) is 1.26. The van der Waals surface area contributed by atoms with Crippen LogP contribution in [0.4, 0.5) is 10.5 Å². The monoisotopic (exact) mass is 345 g/mol. The number of carbonyl (C=O) groups is 1. The summed E-state index contributed by atoms with van der Waals surface area (Å²) in [6, 6.07) is 10.7. The average Bonchev–Trinajstić information content (AvgIpc) is 2.65. The number of urea groups is 1. The van der Waals surface area contributed by atoms with Gasteiger partial charge in [0.1, 0.15) is 0 Å². The molecule has 138 valence electrons. The largest absolute Gasteiger partial charge is 0.393 e. The Labute approximate surface area is 151 Å². The highest BCUT2D eigenvalue weighted by molar-refractivity contribution is 5.74. The van der Waals surface area contributed by atoms with E-state index in [4.69, 9.17) is 0 Å². The molecule has 0 spiro atoms. The fraction of sp³-hybridized carbons (Fsp3) is 0.650. The number of hydrogen-bond acceptors (Lipinski definition) is 3. The standard InChI is InChI=1S/C20H31N3O2/c1-22(15-16-7-5-6-10-19(16)24)20(25)21-17-11-13-23(14-12-17)18-8-3-2-4-9-18/h2-4,8-9,16-17,19,24H,5-7,10-15H2,1H3,(H,21,25). The van der Waals surface area contributed by atoms with Crippen molar-refractivity contribution in [1.29, 1.82) is 0 Å². The summed E-state index contributed by atoms with van der Waals surface area (Å²) < 4.78 is 0. The minimum atomic E-state index is -0.252. The summed E-state index contributed by atoms with van der Waals surface area (Å²) in [7, 11) is 1.84. The number of anilines is 1. The van der Waals surface area contributed by atoms with Gasteiger partial charge < -0.3 is 20.2 Å². The lowest BCUT2D eigenvalue weighted by molar-refractivity contribution is 0.0562. The highest BCUT2D eigenvalue weighted by atomic mass is 16.3. The van der Waals surface area contributed by atoms with Crippen molar-refractivity contribution in [2.75, 3.05) is 31.6 Å². The van der Waals surface area contributed by atoms with Crippen LogP contribution in [-0.2, 0) is 0 Å². The van der Waals surface area contributed by atoms with Crippen molar-refractivity contribution in [2.24, 2.45) is 5.92 Å². The molecule has 0 aromatic heterocycles. The zero-order chi connectivity index (χ0) is 17.6. The summed E-state index contributed by atoms with van der Waals surface area (Å²) in [4.78, 5) is 16.6. The summed E-state index contributed by atoms with van der Waals surface area (Å²) >= 11 is 0. The van der Waals surface area contributed by atoms with E-state index in [9.17, 15) is 9.90 Å². The van der Waals surface area contributed by atoms with Crippen LogP contribution in [0.15, 0.2) is 30.3 Å². The fourth-order valence-electron chi connectivity index (χ4n) is 4.04. The molecular weight excluding hydrogens is 314 g/mol. The molecule has 2 amide bonds. The Morgan fingerprint density at radius 3 is 2.52 bits per heavy atom. The number of amides is 2. The first-order valence-electron chi connectivity index (χ1n) is 9.63. The summed E-state index contributed by atoms with van der Waals surface area (Å²) in [5, 5.41) is 13.3. The molecule has 1 saturated heterocycles. The third-order valence-corrected chi connectivity index (χ3v) is 5.67. The van der Waals surface area contributed by atoms with Gasteiger partial charge in [0, 0.05) is 44.3 Å². The van der Waals surface area contributed by atoms with Gasteiger partial charge in [-0.15, -0.1) is 0 Å². The number of nitrogens with one attached hydrogen (secondary N) is 1. The molecule has 2 atom stereocenters. The van der Waals surface area contributed by atoms with Crippen molar-refractivity contribution >= 4 is 11.7 Å². The molecule has 0 bridgehead atoms. The third kappa shape index (κ3) is 4.88. The molecule has 0 radical (unpaired) electrons. The molecule has 2 fully saturated rings. The van der Waals surface area contributed by atoms with Crippen molar-refractivity contribution in [1.82, 2.24) is 10.2 Å². The summed E-state index contributed by atoms with van der Waals surface area (Å²) in [5.74, 6) is 0.226.